The maximum Gasteiger partial charge on any atom is 0.248 e. The number of aliphatic hydroxyl groups excluding tert-OH is 1. The van der Waals surface area contributed by atoms with E-state index in [1.165, 1.54) is 3.97 Å². The second-order valence-corrected chi connectivity index (χ2v) is 9.67. The Kier molecular flexibility index (Phi) is 3.65. The third-order valence-electron chi connectivity index (χ3n) is 5.58. The normalized spacial score (nSPS) is 30.0. The largest absolute Gasteiger partial charge is 0.388 e. The summed E-state index contributed by atoms with van der Waals surface area (Å²) in [4.78, 5) is 0. The summed E-state index contributed by atoms with van der Waals surface area (Å²) in [5, 5.41) is 10.1. The Bertz CT molecular complexity index is 798. The zero-order valence-corrected chi connectivity index (χ0v) is 15.0. The molecule has 0 aliphatic heterocycles. The van der Waals surface area contributed by atoms with Crippen LogP contribution >= 0.6 is 0 Å². The first-order valence-electron chi connectivity index (χ1n) is 8.12. The number of fused-ring (bicyclic) bond motifs is 1. The molecule has 1 heterocycles. The van der Waals surface area contributed by atoms with Gasteiger partial charge >= 0.3 is 0 Å². The standard InChI is InChI=1S/C18H25NO3S/c1-13-8-10-17(2,3)18(4,12-13)23(21,22)19-11-9-14-15(19)6-5-7-16(14)20/h8-12,16,20H,5-7H2,1-4H3. The molecule has 2 unspecified atom stereocenters. The maximum absolute atomic E-state index is 13.5. The van der Waals surface area contributed by atoms with E-state index in [0.717, 1.165) is 23.3 Å². The fourth-order valence-corrected chi connectivity index (χ4v) is 5.83. The van der Waals surface area contributed by atoms with Gasteiger partial charge in [-0.15, -0.1) is 0 Å². The molecule has 1 N–H and O–H groups in total. The van der Waals surface area contributed by atoms with Crippen molar-refractivity contribution in [3.05, 3.63) is 47.3 Å². The second kappa shape index (κ2) is 5.08. The van der Waals surface area contributed by atoms with Gasteiger partial charge in [-0.25, -0.2) is 12.4 Å². The molecule has 0 bridgehead atoms. The molecule has 2 aliphatic rings. The summed E-state index contributed by atoms with van der Waals surface area (Å²) < 4.78 is 27.4. The van der Waals surface area contributed by atoms with Gasteiger partial charge in [0.05, 0.1) is 6.10 Å². The van der Waals surface area contributed by atoms with E-state index >= 15 is 0 Å². The van der Waals surface area contributed by atoms with Gasteiger partial charge in [-0.1, -0.05) is 37.6 Å². The van der Waals surface area contributed by atoms with Gasteiger partial charge < -0.3 is 5.11 Å². The van der Waals surface area contributed by atoms with Crippen LogP contribution in [0.15, 0.2) is 36.1 Å². The van der Waals surface area contributed by atoms with Crippen molar-refractivity contribution in [3.8, 4) is 0 Å². The van der Waals surface area contributed by atoms with Gasteiger partial charge in [0.1, 0.15) is 4.75 Å². The molecule has 3 rings (SSSR count). The minimum Gasteiger partial charge on any atom is -0.388 e. The number of aromatic nitrogens is 1. The molecule has 0 aromatic carbocycles. The molecular weight excluding hydrogens is 310 g/mol. The summed E-state index contributed by atoms with van der Waals surface area (Å²) >= 11 is 0. The summed E-state index contributed by atoms with van der Waals surface area (Å²) in [6.45, 7) is 7.62. The molecule has 1 aromatic heterocycles. The van der Waals surface area contributed by atoms with Crippen LogP contribution in [0.1, 0.15) is 57.9 Å². The maximum atomic E-state index is 13.5. The van der Waals surface area contributed by atoms with Gasteiger partial charge in [0, 0.05) is 22.9 Å². The van der Waals surface area contributed by atoms with Gasteiger partial charge in [-0.3, -0.25) is 0 Å². The summed E-state index contributed by atoms with van der Waals surface area (Å²) in [7, 11) is -3.65. The van der Waals surface area contributed by atoms with Crippen LogP contribution in [0.2, 0.25) is 0 Å². The molecule has 0 saturated heterocycles. The molecule has 23 heavy (non-hydrogen) atoms. The lowest BCUT2D eigenvalue weighted by molar-refractivity contribution is 0.156. The molecule has 0 saturated carbocycles. The highest BCUT2D eigenvalue weighted by Crippen LogP contribution is 2.45. The van der Waals surface area contributed by atoms with E-state index in [9.17, 15) is 13.5 Å². The Hall–Kier alpha value is -1.33. The molecule has 0 spiro atoms. The van der Waals surface area contributed by atoms with E-state index in [1.54, 1.807) is 19.2 Å². The number of aliphatic hydroxyl groups is 1. The van der Waals surface area contributed by atoms with Crippen LogP contribution in [0.5, 0.6) is 0 Å². The van der Waals surface area contributed by atoms with Crippen molar-refractivity contribution in [3.63, 3.8) is 0 Å². The summed E-state index contributed by atoms with van der Waals surface area (Å²) in [5.41, 5.74) is 1.93. The molecule has 5 heteroatoms. The highest BCUT2D eigenvalue weighted by atomic mass is 32.2. The zero-order chi connectivity index (χ0) is 17.0. The van der Waals surface area contributed by atoms with Crippen molar-refractivity contribution in [1.82, 2.24) is 3.97 Å². The van der Waals surface area contributed by atoms with Crippen LogP contribution < -0.4 is 0 Å². The van der Waals surface area contributed by atoms with Crippen LogP contribution in [0, 0.1) is 5.41 Å². The lowest BCUT2D eigenvalue weighted by atomic mass is 9.75. The van der Waals surface area contributed by atoms with Gasteiger partial charge in [0.2, 0.25) is 10.0 Å². The molecule has 0 radical (unpaired) electrons. The number of hydrogen-bond acceptors (Lipinski definition) is 3. The number of rotatable bonds is 2. The van der Waals surface area contributed by atoms with E-state index in [2.05, 4.69) is 0 Å². The van der Waals surface area contributed by atoms with E-state index in [4.69, 9.17) is 0 Å². The summed E-state index contributed by atoms with van der Waals surface area (Å²) in [6.07, 6.45) is 9.06. The fraction of sp³-hybridized carbons (Fsp3) is 0.556. The van der Waals surface area contributed by atoms with Crippen molar-refractivity contribution in [1.29, 1.82) is 0 Å². The average Bonchev–Trinajstić information content (AvgIpc) is 2.89. The Morgan fingerprint density at radius 1 is 1.30 bits per heavy atom. The molecular formula is C18H25NO3S. The lowest BCUT2D eigenvalue weighted by Crippen LogP contribution is -2.50. The molecule has 0 fully saturated rings. The number of hydrogen-bond donors (Lipinski definition) is 1. The second-order valence-electron chi connectivity index (χ2n) is 7.48. The average molecular weight is 335 g/mol. The van der Waals surface area contributed by atoms with Gasteiger partial charge in [-0.05, 0) is 39.2 Å². The molecule has 2 atom stereocenters. The van der Waals surface area contributed by atoms with Crippen molar-refractivity contribution in [2.75, 3.05) is 0 Å². The highest BCUT2D eigenvalue weighted by molar-refractivity contribution is 7.91. The van der Waals surface area contributed by atoms with E-state index in [0.29, 0.717) is 12.8 Å². The first kappa shape index (κ1) is 16.5. The van der Waals surface area contributed by atoms with Crippen molar-refractivity contribution < 1.29 is 13.5 Å². The summed E-state index contributed by atoms with van der Waals surface area (Å²) in [5.74, 6) is 0. The Morgan fingerprint density at radius 2 is 2.00 bits per heavy atom. The summed E-state index contributed by atoms with van der Waals surface area (Å²) in [6, 6.07) is 1.75. The molecule has 126 valence electrons. The van der Waals surface area contributed by atoms with E-state index < -0.39 is 26.3 Å². The SMILES string of the molecule is CC1=CC(C)(S(=O)(=O)n2ccc3c2CCCC3O)C(C)(C)C=C1. The molecule has 0 amide bonds. The van der Waals surface area contributed by atoms with Gasteiger partial charge in [0.15, 0.2) is 0 Å². The van der Waals surface area contributed by atoms with Crippen LogP contribution in [0.4, 0.5) is 0 Å². The van der Waals surface area contributed by atoms with Crippen LogP contribution in [0.3, 0.4) is 0 Å². The first-order chi connectivity index (χ1) is 10.6. The van der Waals surface area contributed by atoms with Crippen molar-refractivity contribution in [2.45, 2.75) is 57.8 Å². The number of allylic oxidation sites excluding steroid dienone is 3. The molecule has 4 nitrogen and oxygen atoms in total. The molecule has 2 aliphatic carbocycles. The highest BCUT2D eigenvalue weighted by Gasteiger charge is 2.51. The van der Waals surface area contributed by atoms with Crippen LogP contribution in [-0.2, 0) is 16.4 Å². The topological polar surface area (TPSA) is 59.3 Å². The monoisotopic (exact) mass is 335 g/mol. The van der Waals surface area contributed by atoms with E-state index in [1.807, 2.05) is 39.0 Å². The number of nitrogens with zero attached hydrogens (tertiary/aromatic N) is 1. The first-order valence-corrected chi connectivity index (χ1v) is 9.56. The van der Waals surface area contributed by atoms with Crippen LogP contribution in [0.25, 0.3) is 0 Å². The lowest BCUT2D eigenvalue weighted by Gasteiger charge is -2.42. The Morgan fingerprint density at radius 3 is 2.70 bits per heavy atom. The fourth-order valence-electron chi connectivity index (χ4n) is 3.65. The Balaban J connectivity index is 2.18. The van der Waals surface area contributed by atoms with E-state index in [-0.39, 0.29) is 0 Å². The third-order valence-corrected chi connectivity index (χ3v) is 8.15. The zero-order valence-electron chi connectivity index (χ0n) is 14.2. The third kappa shape index (κ3) is 2.24. The predicted octanol–water partition coefficient (Wildman–Crippen LogP) is 3.34. The van der Waals surface area contributed by atoms with Crippen molar-refractivity contribution >= 4 is 10.0 Å². The minimum atomic E-state index is -3.65. The minimum absolute atomic E-state index is 0.518. The van der Waals surface area contributed by atoms with Crippen LogP contribution in [-0.4, -0.2) is 22.2 Å². The Labute approximate surface area is 138 Å². The molecule has 1 aromatic rings. The smallest absolute Gasteiger partial charge is 0.248 e. The van der Waals surface area contributed by atoms with Crippen molar-refractivity contribution in [2.24, 2.45) is 5.41 Å². The van der Waals surface area contributed by atoms with Gasteiger partial charge in [-0.2, -0.15) is 0 Å². The predicted molar refractivity (Wildman–Crippen MR) is 91.7 cm³/mol. The van der Waals surface area contributed by atoms with Gasteiger partial charge in [0.25, 0.3) is 0 Å². The quantitative estimate of drug-likeness (QED) is 0.902.